The molecule has 4 heteroatoms. The van der Waals surface area contributed by atoms with Gasteiger partial charge in [-0.15, -0.1) is 11.8 Å². The van der Waals surface area contributed by atoms with Crippen molar-refractivity contribution in [3.63, 3.8) is 0 Å². The van der Waals surface area contributed by atoms with E-state index in [0.717, 1.165) is 0 Å². The lowest BCUT2D eigenvalue weighted by molar-refractivity contribution is -0.122. The molecule has 4 N–H and O–H groups in total. The van der Waals surface area contributed by atoms with Crippen LogP contribution in [0.15, 0.2) is 29.2 Å². The molecule has 0 heterocycles. The van der Waals surface area contributed by atoms with Gasteiger partial charge in [0.15, 0.2) is 0 Å². The molecule has 0 saturated carbocycles. The lowest BCUT2D eigenvalue weighted by Gasteiger charge is -2.24. The van der Waals surface area contributed by atoms with Crippen molar-refractivity contribution in [2.24, 2.45) is 11.5 Å². The molecule has 0 aliphatic heterocycles. The van der Waals surface area contributed by atoms with Gasteiger partial charge in [-0.1, -0.05) is 25.1 Å². The van der Waals surface area contributed by atoms with Gasteiger partial charge in [-0.25, -0.2) is 0 Å². The van der Waals surface area contributed by atoms with Gasteiger partial charge in [-0.2, -0.15) is 0 Å². The van der Waals surface area contributed by atoms with Crippen LogP contribution in [-0.4, -0.2) is 16.7 Å². The number of hydrogen-bond acceptors (Lipinski definition) is 3. The summed E-state index contributed by atoms with van der Waals surface area (Å²) in [6.45, 7) is 5.82. The molecule has 0 saturated heterocycles. The summed E-state index contributed by atoms with van der Waals surface area (Å²) in [6, 6.07) is 8.18. The Balaban J connectivity index is 2.65. The first-order chi connectivity index (χ1) is 7.83. The minimum absolute atomic E-state index is 0.249. The van der Waals surface area contributed by atoms with E-state index in [0.29, 0.717) is 6.42 Å². The minimum atomic E-state index is -0.935. The van der Waals surface area contributed by atoms with Gasteiger partial charge >= 0.3 is 0 Å². The largest absolute Gasteiger partial charge is 0.368 e. The fourth-order valence-corrected chi connectivity index (χ4v) is 2.92. The zero-order valence-electron chi connectivity index (χ0n) is 10.6. The summed E-state index contributed by atoms with van der Waals surface area (Å²) in [5, 5.41) is 0.249. The van der Waals surface area contributed by atoms with Gasteiger partial charge in [0.1, 0.15) is 0 Å². The maximum atomic E-state index is 11.2. The van der Waals surface area contributed by atoms with Crippen LogP contribution >= 0.6 is 11.8 Å². The Kier molecular flexibility index (Phi) is 4.60. The molecule has 2 atom stereocenters. The monoisotopic (exact) mass is 252 g/mol. The van der Waals surface area contributed by atoms with Crippen molar-refractivity contribution in [2.45, 2.75) is 42.9 Å². The van der Waals surface area contributed by atoms with E-state index < -0.39 is 11.4 Å². The van der Waals surface area contributed by atoms with Gasteiger partial charge in [0.2, 0.25) is 5.91 Å². The zero-order chi connectivity index (χ0) is 13.1. The first-order valence-electron chi connectivity index (χ1n) is 5.64. The second kappa shape index (κ2) is 5.56. The second-order valence-corrected chi connectivity index (χ2v) is 6.16. The molecule has 1 aromatic carbocycles. The average Bonchev–Trinajstić information content (AvgIpc) is 2.20. The molecule has 1 amide bonds. The Bertz CT molecular complexity index is 404. The number of hydrogen-bond donors (Lipinski definition) is 2. The normalized spacial score (nSPS) is 16.2. The second-order valence-electron chi connectivity index (χ2n) is 4.68. The van der Waals surface area contributed by atoms with Crippen molar-refractivity contribution in [3.8, 4) is 0 Å². The highest BCUT2D eigenvalue weighted by atomic mass is 32.2. The Morgan fingerprint density at radius 2 is 2.06 bits per heavy atom. The number of carbonyl (C=O) groups excluding carboxylic acids is 1. The van der Waals surface area contributed by atoms with E-state index in [2.05, 4.69) is 26.0 Å². The quantitative estimate of drug-likeness (QED) is 0.788. The van der Waals surface area contributed by atoms with Crippen LogP contribution < -0.4 is 11.5 Å². The van der Waals surface area contributed by atoms with Gasteiger partial charge in [-0.3, -0.25) is 4.79 Å². The number of benzene rings is 1. The third-order valence-corrected chi connectivity index (χ3v) is 3.98. The fraction of sp³-hybridized carbons (Fsp3) is 0.462. The van der Waals surface area contributed by atoms with Gasteiger partial charge < -0.3 is 11.5 Å². The number of amides is 1. The standard InChI is InChI=1S/C13H20N2OS/c1-9-6-4-5-7-11(9)17-10(2)8-13(3,15)12(14)16/h4-7,10H,8,15H2,1-3H3,(H2,14,16). The van der Waals surface area contributed by atoms with E-state index >= 15 is 0 Å². The Morgan fingerprint density at radius 1 is 1.47 bits per heavy atom. The average molecular weight is 252 g/mol. The number of aryl methyl sites for hydroxylation is 1. The molecule has 0 bridgehead atoms. The van der Waals surface area contributed by atoms with E-state index in [9.17, 15) is 4.79 Å². The van der Waals surface area contributed by atoms with E-state index in [1.54, 1.807) is 18.7 Å². The zero-order valence-corrected chi connectivity index (χ0v) is 11.4. The first kappa shape index (κ1) is 14.1. The molecule has 0 aliphatic rings. The molecule has 17 heavy (non-hydrogen) atoms. The molecule has 0 aromatic heterocycles. The molecule has 0 radical (unpaired) electrons. The first-order valence-corrected chi connectivity index (χ1v) is 6.52. The van der Waals surface area contributed by atoms with Crippen molar-refractivity contribution in [2.75, 3.05) is 0 Å². The maximum absolute atomic E-state index is 11.2. The minimum Gasteiger partial charge on any atom is -0.368 e. The molecule has 1 aromatic rings. The maximum Gasteiger partial charge on any atom is 0.237 e. The summed E-state index contributed by atoms with van der Waals surface area (Å²) >= 11 is 1.73. The van der Waals surface area contributed by atoms with Gasteiger partial charge in [-0.05, 0) is 31.9 Å². The van der Waals surface area contributed by atoms with Crippen LogP contribution in [0.1, 0.15) is 25.8 Å². The van der Waals surface area contributed by atoms with Crippen molar-refractivity contribution in [3.05, 3.63) is 29.8 Å². The van der Waals surface area contributed by atoms with Gasteiger partial charge in [0.25, 0.3) is 0 Å². The van der Waals surface area contributed by atoms with Crippen LogP contribution in [-0.2, 0) is 4.79 Å². The van der Waals surface area contributed by atoms with Gasteiger partial charge in [0, 0.05) is 10.1 Å². The van der Waals surface area contributed by atoms with Crippen LogP contribution in [0.4, 0.5) is 0 Å². The van der Waals surface area contributed by atoms with Crippen LogP contribution in [0.2, 0.25) is 0 Å². The van der Waals surface area contributed by atoms with Crippen molar-refractivity contribution >= 4 is 17.7 Å². The molecule has 94 valence electrons. The summed E-state index contributed by atoms with van der Waals surface area (Å²) in [4.78, 5) is 12.4. The summed E-state index contributed by atoms with van der Waals surface area (Å²) in [5.41, 5.74) is 11.4. The topological polar surface area (TPSA) is 69.1 Å². The van der Waals surface area contributed by atoms with Crippen LogP contribution in [0.5, 0.6) is 0 Å². The van der Waals surface area contributed by atoms with Gasteiger partial charge in [0.05, 0.1) is 5.54 Å². The predicted octanol–water partition coefficient (Wildman–Crippen LogP) is 2.07. The molecular formula is C13H20N2OS. The lowest BCUT2D eigenvalue weighted by Crippen LogP contribution is -2.50. The SMILES string of the molecule is Cc1ccccc1SC(C)CC(C)(N)C(N)=O. The summed E-state index contributed by atoms with van der Waals surface area (Å²) in [7, 11) is 0. The lowest BCUT2D eigenvalue weighted by atomic mass is 9.97. The number of primary amides is 1. The third kappa shape index (κ3) is 4.06. The highest BCUT2D eigenvalue weighted by Gasteiger charge is 2.28. The third-order valence-electron chi connectivity index (χ3n) is 2.70. The van der Waals surface area contributed by atoms with Crippen molar-refractivity contribution in [1.82, 2.24) is 0 Å². The Morgan fingerprint density at radius 3 is 2.59 bits per heavy atom. The van der Waals surface area contributed by atoms with Crippen LogP contribution in [0, 0.1) is 6.92 Å². The molecule has 3 nitrogen and oxygen atoms in total. The molecule has 0 aliphatic carbocycles. The van der Waals surface area contributed by atoms with Crippen LogP contribution in [0.3, 0.4) is 0 Å². The Hall–Kier alpha value is -1.00. The molecule has 0 fully saturated rings. The van der Waals surface area contributed by atoms with Crippen molar-refractivity contribution < 1.29 is 4.79 Å². The number of rotatable bonds is 5. The summed E-state index contributed by atoms with van der Waals surface area (Å²) in [6.07, 6.45) is 0.571. The predicted molar refractivity (Wildman–Crippen MR) is 72.9 cm³/mol. The highest BCUT2D eigenvalue weighted by Crippen LogP contribution is 2.30. The van der Waals surface area contributed by atoms with Crippen molar-refractivity contribution in [1.29, 1.82) is 0 Å². The summed E-state index contributed by atoms with van der Waals surface area (Å²) < 4.78 is 0. The van der Waals surface area contributed by atoms with E-state index in [-0.39, 0.29) is 5.25 Å². The summed E-state index contributed by atoms with van der Waals surface area (Å²) in [5.74, 6) is -0.449. The van der Waals surface area contributed by atoms with Crippen LogP contribution in [0.25, 0.3) is 0 Å². The van der Waals surface area contributed by atoms with E-state index in [4.69, 9.17) is 11.5 Å². The molecular weight excluding hydrogens is 232 g/mol. The van der Waals surface area contributed by atoms with E-state index in [1.807, 2.05) is 12.1 Å². The fourth-order valence-electron chi connectivity index (χ4n) is 1.64. The molecule has 2 unspecified atom stereocenters. The Labute approximate surface area is 107 Å². The number of carbonyl (C=O) groups is 1. The van der Waals surface area contributed by atoms with E-state index in [1.165, 1.54) is 10.5 Å². The molecule has 1 rings (SSSR count). The smallest absolute Gasteiger partial charge is 0.237 e. The number of thioether (sulfide) groups is 1. The number of nitrogens with two attached hydrogens (primary N) is 2. The molecule has 0 spiro atoms. The highest BCUT2D eigenvalue weighted by molar-refractivity contribution is 8.00.